The minimum Gasteiger partial charge on any atom is -0.497 e. The molecule has 0 atom stereocenters. The van der Waals surface area contributed by atoms with E-state index in [-0.39, 0.29) is 5.91 Å². The number of amides is 3. The number of rotatable bonds is 9. The molecule has 9 heteroatoms. The Morgan fingerprint density at radius 1 is 0.795 bits per heavy atom. The highest BCUT2D eigenvalue weighted by molar-refractivity contribution is 6.04. The van der Waals surface area contributed by atoms with E-state index < -0.39 is 6.03 Å². The van der Waals surface area contributed by atoms with Crippen LogP contribution < -0.4 is 35.2 Å². The lowest BCUT2D eigenvalue weighted by Gasteiger charge is -2.38. The van der Waals surface area contributed by atoms with Gasteiger partial charge in [-0.3, -0.25) is 4.79 Å². The molecule has 0 aromatic heterocycles. The molecule has 0 aliphatic carbocycles. The van der Waals surface area contributed by atoms with Crippen LogP contribution >= 0.6 is 0 Å². The smallest absolute Gasteiger partial charge is 0.323 e. The molecule has 3 amide bonds. The van der Waals surface area contributed by atoms with Gasteiger partial charge in [-0.15, -0.1) is 0 Å². The fraction of sp³-hybridized carbons (Fsp3) is 0.333. The molecule has 1 fully saturated rings. The summed E-state index contributed by atoms with van der Waals surface area (Å²) in [6, 6.07) is 20.2. The van der Waals surface area contributed by atoms with Crippen molar-refractivity contribution in [3.05, 3.63) is 72.3 Å². The van der Waals surface area contributed by atoms with Crippen LogP contribution in [0.15, 0.2) is 66.7 Å². The van der Waals surface area contributed by atoms with Gasteiger partial charge in [-0.1, -0.05) is 26.0 Å². The zero-order chi connectivity index (χ0) is 27.8. The summed E-state index contributed by atoms with van der Waals surface area (Å²) in [6.45, 7) is 7.74. The third-order valence-electron chi connectivity index (χ3n) is 6.56. The molecule has 206 valence electrons. The van der Waals surface area contributed by atoms with E-state index in [2.05, 4.69) is 45.7 Å². The largest absolute Gasteiger partial charge is 0.497 e. The van der Waals surface area contributed by atoms with Crippen LogP contribution in [0, 0.1) is 5.92 Å². The molecule has 9 nitrogen and oxygen atoms in total. The highest BCUT2D eigenvalue weighted by atomic mass is 16.5. The van der Waals surface area contributed by atoms with E-state index in [0.717, 1.165) is 43.3 Å². The Balaban J connectivity index is 1.49. The summed E-state index contributed by atoms with van der Waals surface area (Å²) in [5.41, 5.74) is 3.61. The second kappa shape index (κ2) is 12.9. The molecule has 1 aliphatic heterocycles. The number of carbonyl (C=O) groups is 2. The number of ether oxygens (including phenoxy) is 2. The summed E-state index contributed by atoms with van der Waals surface area (Å²) in [7, 11) is 3.28. The number of hydrogen-bond acceptors (Lipinski definition) is 6. The van der Waals surface area contributed by atoms with E-state index in [1.807, 2.05) is 30.3 Å². The minimum absolute atomic E-state index is 0.162. The van der Waals surface area contributed by atoms with Crippen LogP contribution in [0.1, 0.15) is 24.2 Å². The van der Waals surface area contributed by atoms with Gasteiger partial charge in [0, 0.05) is 49.8 Å². The molecule has 0 bridgehead atoms. The SMILES string of the molecule is COc1ccc(NC(=O)Nc2ccc(N3CCN(c4ccccc4OC)CC3)c(C(=O)NCC(C)C)c2)cc1. The minimum atomic E-state index is -0.396. The van der Waals surface area contributed by atoms with E-state index >= 15 is 0 Å². The van der Waals surface area contributed by atoms with Gasteiger partial charge in [0.05, 0.1) is 25.5 Å². The first-order chi connectivity index (χ1) is 18.9. The molecule has 0 spiro atoms. The number of hydrogen-bond donors (Lipinski definition) is 3. The van der Waals surface area contributed by atoms with Crippen LogP contribution in [-0.2, 0) is 0 Å². The van der Waals surface area contributed by atoms with Crippen LogP contribution in [-0.4, -0.2) is 58.9 Å². The zero-order valence-corrected chi connectivity index (χ0v) is 23.0. The quantitative estimate of drug-likeness (QED) is 0.357. The Labute approximate surface area is 230 Å². The molecule has 4 rings (SSSR count). The Kier molecular flexibility index (Phi) is 9.14. The first-order valence-electron chi connectivity index (χ1n) is 13.1. The van der Waals surface area contributed by atoms with Crippen molar-refractivity contribution in [1.82, 2.24) is 5.32 Å². The fourth-order valence-corrected chi connectivity index (χ4v) is 4.51. The average Bonchev–Trinajstić information content (AvgIpc) is 2.96. The summed E-state index contributed by atoms with van der Waals surface area (Å²) in [5, 5.41) is 8.68. The maximum atomic E-state index is 13.3. The van der Waals surface area contributed by atoms with Crippen LogP contribution in [0.2, 0.25) is 0 Å². The average molecular weight is 532 g/mol. The van der Waals surface area contributed by atoms with Crippen LogP contribution in [0.5, 0.6) is 11.5 Å². The molecule has 0 radical (unpaired) electrons. The number of benzene rings is 3. The first-order valence-corrected chi connectivity index (χ1v) is 13.1. The van der Waals surface area contributed by atoms with Gasteiger partial charge in [0.2, 0.25) is 0 Å². The predicted octanol–water partition coefficient (Wildman–Crippen LogP) is 5.06. The Bertz CT molecular complexity index is 1270. The van der Waals surface area contributed by atoms with E-state index in [0.29, 0.717) is 35.2 Å². The molecule has 1 saturated heterocycles. The maximum absolute atomic E-state index is 13.3. The summed E-state index contributed by atoms with van der Waals surface area (Å²) in [4.78, 5) is 30.4. The van der Waals surface area contributed by atoms with Crippen molar-refractivity contribution in [2.75, 3.05) is 67.4 Å². The number of carbonyl (C=O) groups excluding carboxylic acids is 2. The highest BCUT2D eigenvalue weighted by Crippen LogP contribution is 2.31. The van der Waals surface area contributed by atoms with Crippen molar-refractivity contribution in [2.24, 2.45) is 5.92 Å². The van der Waals surface area contributed by atoms with Gasteiger partial charge in [-0.05, 0) is 60.5 Å². The van der Waals surface area contributed by atoms with Gasteiger partial charge in [0.1, 0.15) is 11.5 Å². The molecular formula is C30H37N5O4. The molecule has 1 heterocycles. The Morgan fingerprint density at radius 2 is 1.41 bits per heavy atom. The highest BCUT2D eigenvalue weighted by Gasteiger charge is 2.24. The lowest BCUT2D eigenvalue weighted by atomic mass is 10.1. The van der Waals surface area contributed by atoms with Crippen molar-refractivity contribution < 1.29 is 19.1 Å². The number of piperazine rings is 1. The van der Waals surface area contributed by atoms with Crippen LogP contribution in [0.3, 0.4) is 0 Å². The number of para-hydroxylation sites is 2. The van der Waals surface area contributed by atoms with E-state index in [1.165, 1.54) is 0 Å². The van der Waals surface area contributed by atoms with Gasteiger partial charge in [-0.25, -0.2) is 4.79 Å². The van der Waals surface area contributed by atoms with E-state index in [9.17, 15) is 9.59 Å². The topological polar surface area (TPSA) is 95.2 Å². The molecule has 0 saturated carbocycles. The maximum Gasteiger partial charge on any atom is 0.323 e. The number of anilines is 4. The van der Waals surface area contributed by atoms with Gasteiger partial charge in [-0.2, -0.15) is 0 Å². The first kappa shape index (κ1) is 27.6. The van der Waals surface area contributed by atoms with E-state index in [4.69, 9.17) is 9.47 Å². The van der Waals surface area contributed by atoms with Crippen molar-refractivity contribution in [2.45, 2.75) is 13.8 Å². The second-order valence-corrected chi connectivity index (χ2v) is 9.79. The fourth-order valence-electron chi connectivity index (χ4n) is 4.51. The normalized spacial score (nSPS) is 13.2. The number of methoxy groups -OCH3 is 2. The van der Waals surface area contributed by atoms with Gasteiger partial charge in [0.25, 0.3) is 5.91 Å². The molecule has 3 aromatic rings. The molecule has 3 aromatic carbocycles. The Hall–Kier alpha value is -4.40. The third kappa shape index (κ3) is 7.13. The summed E-state index contributed by atoms with van der Waals surface area (Å²) in [5.74, 6) is 1.71. The third-order valence-corrected chi connectivity index (χ3v) is 6.56. The monoisotopic (exact) mass is 531 g/mol. The summed E-state index contributed by atoms with van der Waals surface area (Å²) >= 11 is 0. The number of nitrogens with one attached hydrogen (secondary N) is 3. The van der Waals surface area contributed by atoms with E-state index in [1.54, 1.807) is 44.6 Å². The van der Waals surface area contributed by atoms with Crippen molar-refractivity contribution in [1.29, 1.82) is 0 Å². The summed E-state index contributed by atoms with van der Waals surface area (Å²) < 4.78 is 10.7. The van der Waals surface area contributed by atoms with Crippen molar-refractivity contribution in [3.8, 4) is 11.5 Å². The molecule has 39 heavy (non-hydrogen) atoms. The number of urea groups is 1. The summed E-state index contributed by atoms with van der Waals surface area (Å²) in [6.07, 6.45) is 0. The van der Waals surface area contributed by atoms with Crippen molar-refractivity contribution >= 4 is 34.7 Å². The lowest BCUT2D eigenvalue weighted by Crippen LogP contribution is -2.47. The Morgan fingerprint density at radius 3 is 2.05 bits per heavy atom. The van der Waals surface area contributed by atoms with Crippen LogP contribution in [0.4, 0.5) is 27.5 Å². The second-order valence-electron chi connectivity index (χ2n) is 9.79. The number of nitrogens with zero attached hydrogens (tertiary/aromatic N) is 2. The van der Waals surface area contributed by atoms with Gasteiger partial charge in [0.15, 0.2) is 0 Å². The molecular weight excluding hydrogens is 494 g/mol. The zero-order valence-electron chi connectivity index (χ0n) is 23.0. The van der Waals surface area contributed by atoms with Gasteiger partial charge >= 0.3 is 6.03 Å². The van der Waals surface area contributed by atoms with Crippen LogP contribution in [0.25, 0.3) is 0 Å². The molecule has 1 aliphatic rings. The standard InChI is InChI=1S/C30H37N5O4/c1-21(2)20-31-29(36)25-19-23(33-30(37)32-22-9-12-24(38-3)13-10-22)11-14-26(25)34-15-17-35(18-16-34)27-7-5-6-8-28(27)39-4/h5-14,19,21H,15-18,20H2,1-4H3,(H,31,36)(H2,32,33,37). The van der Waals surface area contributed by atoms with Crippen molar-refractivity contribution in [3.63, 3.8) is 0 Å². The molecule has 0 unspecified atom stereocenters. The lowest BCUT2D eigenvalue weighted by molar-refractivity contribution is 0.0949. The molecule has 3 N–H and O–H groups in total. The predicted molar refractivity (Wildman–Crippen MR) is 157 cm³/mol. The van der Waals surface area contributed by atoms with Gasteiger partial charge < -0.3 is 35.2 Å².